The highest BCUT2D eigenvalue weighted by molar-refractivity contribution is 5.76. The van der Waals surface area contributed by atoms with Gasteiger partial charge in [-0.1, -0.05) is 46.0 Å². The average Bonchev–Trinajstić information content (AvgIpc) is 2.80. The quantitative estimate of drug-likeness (QED) is 0.311. The number of hydrogen-bond donors (Lipinski definition) is 0. The maximum absolute atomic E-state index is 12.5. The lowest BCUT2D eigenvalue weighted by molar-refractivity contribution is -0.141. The van der Waals surface area contributed by atoms with E-state index in [2.05, 4.69) is 13.8 Å². The number of carbonyl (C=O) groups excluding carboxylic acids is 2. The highest BCUT2D eigenvalue weighted by Crippen LogP contribution is 2.34. The smallest absolute Gasteiger partial charge is 0.314 e. The van der Waals surface area contributed by atoms with Gasteiger partial charge in [0, 0.05) is 0 Å². The molecule has 1 aromatic rings. The molecule has 0 amide bonds. The van der Waals surface area contributed by atoms with Gasteiger partial charge in [0.1, 0.15) is 11.5 Å². The molecule has 0 bridgehead atoms. The number of ether oxygens (including phenoxy) is 2. The first-order valence-corrected chi connectivity index (χ1v) is 12.6. The maximum Gasteiger partial charge on any atom is 0.314 e. The molecule has 3 rings (SSSR count). The van der Waals surface area contributed by atoms with Gasteiger partial charge in [-0.25, -0.2) is 0 Å². The van der Waals surface area contributed by atoms with Gasteiger partial charge in [0.2, 0.25) is 0 Å². The Labute approximate surface area is 188 Å². The summed E-state index contributed by atoms with van der Waals surface area (Å²) in [4.78, 5) is 25.0. The molecule has 0 N–H and O–H groups in total. The molecular weight excluding hydrogens is 388 g/mol. The number of unbranched alkanes of at least 4 members (excludes halogenated alkanes) is 1. The Balaban J connectivity index is 1.41. The first-order chi connectivity index (χ1) is 15.1. The molecule has 0 unspecified atom stereocenters. The Morgan fingerprint density at radius 2 is 1.10 bits per heavy atom. The predicted octanol–water partition coefficient (Wildman–Crippen LogP) is 7.10. The molecule has 2 aliphatic carbocycles. The van der Waals surface area contributed by atoms with Crippen LogP contribution in [0.15, 0.2) is 24.3 Å². The fourth-order valence-corrected chi connectivity index (χ4v) is 5.25. The summed E-state index contributed by atoms with van der Waals surface area (Å²) in [5.41, 5.74) is 0. The molecule has 4 nitrogen and oxygen atoms in total. The SMILES string of the molecule is CCCCC1CCC(C(=O)Oc2ccc(OC(=O)C3CCC(CCC)CC3)cc2)CC1. The van der Waals surface area contributed by atoms with Crippen LogP contribution in [0, 0.1) is 23.7 Å². The number of benzene rings is 1. The fourth-order valence-electron chi connectivity index (χ4n) is 5.25. The zero-order valence-electron chi connectivity index (χ0n) is 19.4. The summed E-state index contributed by atoms with van der Waals surface area (Å²) in [7, 11) is 0. The molecule has 0 aromatic heterocycles. The Hall–Kier alpha value is -1.84. The van der Waals surface area contributed by atoms with Crippen molar-refractivity contribution >= 4 is 11.9 Å². The molecule has 2 saturated carbocycles. The van der Waals surface area contributed by atoms with Crippen LogP contribution < -0.4 is 9.47 Å². The van der Waals surface area contributed by atoms with Crippen molar-refractivity contribution in [2.24, 2.45) is 23.7 Å². The van der Waals surface area contributed by atoms with E-state index in [0.717, 1.165) is 63.2 Å². The van der Waals surface area contributed by atoms with Gasteiger partial charge < -0.3 is 9.47 Å². The van der Waals surface area contributed by atoms with Gasteiger partial charge in [-0.3, -0.25) is 9.59 Å². The third kappa shape index (κ3) is 7.36. The largest absolute Gasteiger partial charge is 0.426 e. The van der Waals surface area contributed by atoms with E-state index < -0.39 is 0 Å². The van der Waals surface area contributed by atoms with E-state index in [1.54, 1.807) is 24.3 Å². The van der Waals surface area contributed by atoms with E-state index in [1.165, 1.54) is 32.1 Å². The van der Waals surface area contributed by atoms with E-state index >= 15 is 0 Å². The summed E-state index contributed by atoms with van der Waals surface area (Å²) >= 11 is 0. The molecule has 0 atom stereocenters. The second-order valence-corrected chi connectivity index (χ2v) is 9.68. The van der Waals surface area contributed by atoms with Crippen LogP contribution >= 0.6 is 0 Å². The Kier molecular flexibility index (Phi) is 9.42. The predicted molar refractivity (Wildman–Crippen MR) is 123 cm³/mol. The van der Waals surface area contributed by atoms with Crippen molar-refractivity contribution in [1.82, 2.24) is 0 Å². The zero-order valence-corrected chi connectivity index (χ0v) is 19.4. The third-order valence-electron chi connectivity index (χ3n) is 7.28. The highest BCUT2D eigenvalue weighted by Gasteiger charge is 2.28. The van der Waals surface area contributed by atoms with Crippen LogP contribution in [0.5, 0.6) is 11.5 Å². The summed E-state index contributed by atoms with van der Waals surface area (Å²) in [5, 5.41) is 0. The van der Waals surface area contributed by atoms with Crippen LogP contribution in [-0.2, 0) is 9.59 Å². The number of esters is 2. The third-order valence-corrected chi connectivity index (χ3v) is 7.28. The minimum absolute atomic E-state index is 0.0121. The van der Waals surface area contributed by atoms with Gasteiger partial charge >= 0.3 is 11.9 Å². The topological polar surface area (TPSA) is 52.6 Å². The van der Waals surface area contributed by atoms with Crippen LogP contribution in [-0.4, -0.2) is 11.9 Å². The van der Waals surface area contributed by atoms with E-state index in [4.69, 9.17) is 9.47 Å². The summed E-state index contributed by atoms with van der Waals surface area (Å²) in [6.07, 6.45) is 14.6. The Morgan fingerprint density at radius 1 is 0.677 bits per heavy atom. The van der Waals surface area contributed by atoms with Gasteiger partial charge in [0.05, 0.1) is 11.8 Å². The van der Waals surface area contributed by atoms with Crippen LogP contribution in [0.4, 0.5) is 0 Å². The second-order valence-electron chi connectivity index (χ2n) is 9.68. The fraction of sp³-hybridized carbons (Fsp3) is 0.704. The van der Waals surface area contributed by atoms with E-state index in [0.29, 0.717) is 11.5 Å². The number of rotatable bonds is 9. The average molecular weight is 429 g/mol. The van der Waals surface area contributed by atoms with E-state index in [1.807, 2.05) is 0 Å². The monoisotopic (exact) mass is 428 g/mol. The van der Waals surface area contributed by atoms with Crippen LogP contribution in [0.25, 0.3) is 0 Å². The molecule has 0 aliphatic heterocycles. The van der Waals surface area contributed by atoms with Gasteiger partial charge in [0.25, 0.3) is 0 Å². The molecule has 0 saturated heterocycles. The lowest BCUT2D eigenvalue weighted by Gasteiger charge is -2.27. The Bertz CT molecular complexity index is 680. The van der Waals surface area contributed by atoms with Gasteiger partial charge in [-0.05, 0) is 87.5 Å². The lowest BCUT2D eigenvalue weighted by Crippen LogP contribution is -2.26. The molecule has 2 aliphatic rings. The summed E-state index contributed by atoms with van der Waals surface area (Å²) in [6, 6.07) is 6.91. The molecule has 1 aromatic carbocycles. The molecule has 0 radical (unpaired) electrons. The van der Waals surface area contributed by atoms with Crippen LogP contribution in [0.1, 0.15) is 97.3 Å². The van der Waals surface area contributed by atoms with Gasteiger partial charge in [0.15, 0.2) is 0 Å². The van der Waals surface area contributed by atoms with Crippen molar-refractivity contribution in [3.8, 4) is 11.5 Å². The van der Waals surface area contributed by atoms with Crippen molar-refractivity contribution in [2.75, 3.05) is 0 Å². The van der Waals surface area contributed by atoms with Crippen molar-refractivity contribution < 1.29 is 19.1 Å². The number of carbonyl (C=O) groups is 2. The molecule has 31 heavy (non-hydrogen) atoms. The second kappa shape index (κ2) is 12.3. The minimum atomic E-state index is -0.125. The van der Waals surface area contributed by atoms with Crippen molar-refractivity contribution in [3.63, 3.8) is 0 Å². The van der Waals surface area contributed by atoms with Crippen molar-refractivity contribution in [1.29, 1.82) is 0 Å². The first-order valence-electron chi connectivity index (χ1n) is 12.6. The number of hydrogen-bond acceptors (Lipinski definition) is 4. The summed E-state index contributed by atoms with van der Waals surface area (Å²) in [5.74, 6) is 2.38. The molecule has 2 fully saturated rings. The van der Waals surface area contributed by atoms with E-state index in [-0.39, 0.29) is 23.8 Å². The minimum Gasteiger partial charge on any atom is -0.426 e. The van der Waals surface area contributed by atoms with E-state index in [9.17, 15) is 9.59 Å². The first kappa shape index (κ1) is 23.8. The molecule has 172 valence electrons. The van der Waals surface area contributed by atoms with Crippen molar-refractivity contribution in [3.05, 3.63) is 24.3 Å². The molecule has 0 spiro atoms. The maximum atomic E-state index is 12.5. The molecule has 0 heterocycles. The normalized spacial score (nSPS) is 26.3. The Morgan fingerprint density at radius 3 is 1.48 bits per heavy atom. The zero-order chi connectivity index (χ0) is 22.1. The lowest BCUT2D eigenvalue weighted by atomic mass is 9.80. The van der Waals surface area contributed by atoms with Gasteiger partial charge in [-0.15, -0.1) is 0 Å². The summed E-state index contributed by atoms with van der Waals surface area (Å²) < 4.78 is 11.2. The van der Waals surface area contributed by atoms with Crippen molar-refractivity contribution in [2.45, 2.75) is 97.3 Å². The van der Waals surface area contributed by atoms with Gasteiger partial charge in [-0.2, -0.15) is 0 Å². The van der Waals surface area contributed by atoms with Crippen LogP contribution in [0.3, 0.4) is 0 Å². The summed E-state index contributed by atoms with van der Waals surface area (Å²) in [6.45, 7) is 4.45. The highest BCUT2D eigenvalue weighted by atomic mass is 16.5. The molecule has 4 heteroatoms. The molecular formula is C27H40O4. The van der Waals surface area contributed by atoms with Crippen LogP contribution in [0.2, 0.25) is 0 Å². The standard InChI is InChI=1S/C27H40O4/c1-3-5-7-21-10-14-23(15-11-21)27(29)31-25-18-16-24(17-19-25)30-26(28)22-12-8-20(6-4-2)9-13-22/h16-23H,3-15H2,1-2H3.